The van der Waals surface area contributed by atoms with Gasteiger partial charge in [-0.25, -0.2) is 12.8 Å². The Morgan fingerprint density at radius 3 is 2.45 bits per heavy atom. The Balaban J connectivity index is 2.11. The van der Waals surface area contributed by atoms with Crippen molar-refractivity contribution in [2.24, 2.45) is 0 Å². The van der Waals surface area contributed by atoms with Crippen LogP contribution in [0, 0.1) is 5.82 Å². The molecule has 1 heterocycles. The summed E-state index contributed by atoms with van der Waals surface area (Å²) in [7, 11) is -3.79. The number of hydrogen-bond donors (Lipinski definition) is 0. The molecule has 7 heteroatoms. The average molecular weight is 384 g/mol. The Kier molecular flexibility index (Phi) is 3.78. The second-order valence-electron chi connectivity index (χ2n) is 4.87. The lowest BCUT2D eigenvalue weighted by molar-refractivity contribution is 0.0981. The largest absolute Gasteiger partial charge is 0.294 e. The molecule has 114 valence electrons. The molecule has 0 saturated heterocycles. The summed E-state index contributed by atoms with van der Waals surface area (Å²) < 4.78 is 40.8. The molecule has 2 aromatic rings. The van der Waals surface area contributed by atoms with E-state index in [2.05, 4.69) is 15.9 Å². The highest BCUT2D eigenvalue weighted by Gasteiger charge is 2.32. The van der Waals surface area contributed by atoms with Crippen LogP contribution in [0.2, 0.25) is 0 Å². The molecule has 1 aliphatic rings. The van der Waals surface area contributed by atoms with E-state index in [0.29, 0.717) is 0 Å². The van der Waals surface area contributed by atoms with Gasteiger partial charge in [0.1, 0.15) is 5.82 Å². The number of sulfonamides is 1. The van der Waals surface area contributed by atoms with Crippen molar-refractivity contribution >= 4 is 37.4 Å². The molecule has 4 nitrogen and oxygen atoms in total. The van der Waals surface area contributed by atoms with Crippen molar-refractivity contribution < 1.29 is 17.6 Å². The van der Waals surface area contributed by atoms with Gasteiger partial charge in [0.05, 0.1) is 10.6 Å². The SMILES string of the molecule is O=C1CCN(S(=O)(=O)c2ccc(Br)cc2)c2ccc(F)cc21. The molecule has 0 aliphatic carbocycles. The Morgan fingerprint density at radius 1 is 1.09 bits per heavy atom. The Hall–Kier alpha value is -1.73. The van der Waals surface area contributed by atoms with Crippen molar-refractivity contribution in [1.29, 1.82) is 0 Å². The molecule has 0 spiro atoms. The number of fused-ring (bicyclic) bond motifs is 1. The number of halogens is 2. The van der Waals surface area contributed by atoms with Crippen molar-refractivity contribution in [1.82, 2.24) is 0 Å². The van der Waals surface area contributed by atoms with Crippen LogP contribution in [0.25, 0.3) is 0 Å². The monoisotopic (exact) mass is 383 g/mol. The number of carbonyl (C=O) groups excluding carboxylic acids is 1. The van der Waals surface area contributed by atoms with E-state index < -0.39 is 15.8 Å². The zero-order valence-electron chi connectivity index (χ0n) is 11.3. The van der Waals surface area contributed by atoms with Gasteiger partial charge in [-0.1, -0.05) is 15.9 Å². The molecule has 0 saturated carbocycles. The first-order valence-electron chi connectivity index (χ1n) is 6.50. The number of ketones is 1. The lowest BCUT2D eigenvalue weighted by Crippen LogP contribution is -2.37. The smallest absolute Gasteiger partial charge is 0.264 e. The molecular formula is C15H11BrFNO3S. The van der Waals surface area contributed by atoms with Crippen molar-refractivity contribution in [2.75, 3.05) is 10.8 Å². The van der Waals surface area contributed by atoms with Gasteiger partial charge in [-0.3, -0.25) is 9.10 Å². The Morgan fingerprint density at radius 2 is 1.77 bits per heavy atom. The third kappa shape index (κ3) is 2.55. The summed E-state index contributed by atoms with van der Waals surface area (Å²) in [6, 6.07) is 9.81. The number of nitrogens with zero attached hydrogens (tertiary/aromatic N) is 1. The maximum Gasteiger partial charge on any atom is 0.264 e. The Bertz CT molecular complexity index is 850. The van der Waals surface area contributed by atoms with Gasteiger partial charge < -0.3 is 0 Å². The highest BCUT2D eigenvalue weighted by Crippen LogP contribution is 2.32. The number of hydrogen-bond acceptors (Lipinski definition) is 3. The van der Waals surface area contributed by atoms with Crippen LogP contribution in [-0.4, -0.2) is 20.7 Å². The van der Waals surface area contributed by atoms with Crippen molar-refractivity contribution in [3.63, 3.8) is 0 Å². The van der Waals surface area contributed by atoms with Gasteiger partial charge in [0.15, 0.2) is 5.78 Å². The van der Waals surface area contributed by atoms with Crippen LogP contribution in [0.3, 0.4) is 0 Å². The van der Waals surface area contributed by atoms with Gasteiger partial charge in [-0.2, -0.15) is 0 Å². The van der Waals surface area contributed by atoms with E-state index >= 15 is 0 Å². The fraction of sp³-hybridized carbons (Fsp3) is 0.133. The van der Waals surface area contributed by atoms with Crippen molar-refractivity contribution in [3.8, 4) is 0 Å². The molecule has 1 aliphatic heterocycles. The van der Waals surface area contributed by atoms with E-state index in [0.717, 1.165) is 20.9 Å². The summed E-state index contributed by atoms with van der Waals surface area (Å²) >= 11 is 3.26. The van der Waals surface area contributed by atoms with Gasteiger partial charge in [0, 0.05) is 23.0 Å². The fourth-order valence-electron chi connectivity index (χ4n) is 2.39. The van der Waals surface area contributed by atoms with E-state index in [-0.39, 0.29) is 34.9 Å². The summed E-state index contributed by atoms with van der Waals surface area (Å²) in [4.78, 5) is 12.0. The molecule has 0 atom stereocenters. The summed E-state index contributed by atoms with van der Waals surface area (Å²) in [6.45, 7) is 0.0515. The molecule has 0 amide bonds. The van der Waals surface area contributed by atoms with Crippen LogP contribution in [0.4, 0.5) is 10.1 Å². The molecule has 0 N–H and O–H groups in total. The number of anilines is 1. The summed E-state index contributed by atoms with van der Waals surface area (Å²) in [5.41, 5.74) is 0.326. The minimum atomic E-state index is -3.79. The van der Waals surface area contributed by atoms with Gasteiger partial charge >= 0.3 is 0 Å². The molecule has 0 bridgehead atoms. The van der Waals surface area contributed by atoms with Crippen LogP contribution in [0.5, 0.6) is 0 Å². The number of benzene rings is 2. The molecule has 0 aromatic heterocycles. The van der Waals surface area contributed by atoms with E-state index in [1.165, 1.54) is 18.2 Å². The van der Waals surface area contributed by atoms with E-state index in [1.807, 2.05) is 0 Å². The fourth-order valence-corrected chi connectivity index (χ4v) is 4.14. The lowest BCUT2D eigenvalue weighted by Gasteiger charge is -2.29. The Labute approximate surface area is 135 Å². The third-order valence-electron chi connectivity index (χ3n) is 3.47. The molecule has 0 unspecified atom stereocenters. The van der Waals surface area contributed by atoms with E-state index in [9.17, 15) is 17.6 Å². The molecule has 3 rings (SSSR count). The lowest BCUT2D eigenvalue weighted by atomic mass is 10.0. The van der Waals surface area contributed by atoms with Crippen LogP contribution in [-0.2, 0) is 10.0 Å². The van der Waals surface area contributed by atoms with Gasteiger partial charge in [-0.05, 0) is 42.5 Å². The highest BCUT2D eigenvalue weighted by molar-refractivity contribution is 9.10. The molecular weight excluding hydrogens is 373 g/mol. The first-order chi connectivity index (χ1) is 10.4. The van der Waals surface area contributed by atoms with Gasteiger partial charge in [0.25, 0.3) is 10.0 Å². The minimum absolute atomic E-state index is 0.0339. The van der Waals surface area contributed by atoms with Crippen molar-refractivity contribution in [2.45, 2.75) is 11.3 Å². The van der Waals surface area contributed by atoms with Crippen LogP contribution in [0.1, 0.15) is 16.8 Å². The second kappa shape index (κ2) is 5.48. The predicted molar refractivity (Wildman–Crippen MR) is 84.0 cm³/mol. The minimum Gasteiger partial charge on any atom is -0.294 e. The molecule has 0 fully saturated rings. The van der Waals surface area contributed by atoms with Crippen molar-refractivity contribution in [3.05, 3.63) is 58.3 Å². The maximum absolute atomic E-state index is 13.3. The number of carbonyl (C=O) groups is 1. The standard InChI is InChI=1S/C15H11BrFNO3S/c16-10-1-4-12(5-2-10)22(20,21)18-8-7-15(19)13-9-11(17)3-6-14(13)18/h1-6,9H,7-8H2. The molecule has 22 heavy (non-hydrogen) atoms. The number of rotatable bonds is 2. The second-order valence-corrected chi connectivity index (χ2v) is 7.64. The summed E-state index contributed by atoms with van der Waals surface area (Å²) in [6.07, 6.45) is 0.0339. The molecule has 0 radical (unpaired) electrons. The van der Waals surface area contributed by atoms with E-state index in [1.54, 1.807) is 12.1 Å². The summed E-state index contributed by atoms with van der Waals surface area (Å²) in [5.74, 6) is -0.813. The highest BCUT2D eigenvalue weighted by atomic mass is 79.9. The summed E-state index contributed by atoms with van der Waals surface area (Å²) in [5, 5.41) is 0. The number of Topliss-reactive ketones (excluding diaryl/α,β-unsaturated/α-hetero) is 1. The maximum atomic E-state index is 13.3. The normalized spacial score (nSPS) is 14.8. The van der Waals surface area contributed by atoms with Gasteiger partial charge in [-0.15, -0.1) is 0 Å². The van der Waals surface area contributed by atoms with Crippen LogP contribution in [0.15, 0.2) is 51.8 Å². The van der Waals surface area contributed by atoms with Gasteiger partial charge in [0.2, 0.25) is 0 Å². The predicted octanol–water partition coefficient (Wildman–Crippen LogP) is 3.37. The average Bonchev–Trinajstić information content (AvgIpc) is 2.48. The third-order valence-corrected chi connectivity index (χ3v) is 5.83. The van der Waals surface area contributed by atoms with Crippen LogP contribution >= 0.6 is 15.9 Å². The molecule has 2 aromatic carbocycles. The van der Waals surface area contributed by atoms with E-state index in [4.69, 9.17) is 0 Å². The zero-order valence-corrected chi connectivity index (χ0v) is 13.7. The first-order valence-corrected chi connectivity index (χ1v) is 8.74. The topological polar surface area (TPSA) is 54.5 Å². The first kappa shape index (κ1) is 15.2. The zero-order chi connectivity index (χ0) is 15.9. The van der Waals surface area contributed by atoms with Crippen LogP contribution < -0.4 is 4.31 Å². The quantitative estimate of drug-likeness (QED) is 0.798.